The van der Waals surface area contributed by atoms with E-state index in [0.29, 0.717) is 29.3 Å². The first-order valence-electron chi connectivity index (χ1n) is 17.1. The van der Waals surface area contributed by atoms with Crippen LogP contribution in [0.25, 0.3) is 22.0 Å². The number of carbonyl (C=O) groups excluding carboxylic acids is 1. The summed E-state index contributed by atoms with van der Waals surface area (Å²) in [6.45, 7) is 0.723. The average Bonchev–Trinajstić information content (AvgIpc) is 3.64. The van der Waals surface area contributed by atoms with Gasteiger partial charge >= 0.3 is 12.4 Å². The van der Waals surface area contributed by atoms with Crippen LogP contribution >= 0.6 is 11.6 Å². The zero-order valence-electron chi connectivity index (χ0n) is 29.5. The Bertz CT molecular complexity index is 2220. The highest BCUT2D eigenvalue weighted by atomic mass is 35.5. The van der Waals surface area contributed by atoms with Gasteiger partial charge in [-0.15, -0.1) is 0 Å². The summed E-state index contributed by atoms with van der Waals surface area (Å²) in [6.07, 6.45) is -11.9. The van der Waals surface area contributed by atoms with E-state index >= 15 is 0 Å². The Morgan fingerprint density at radius 1 is 0.982 bits per heavy atom. The molecular formula is C36H33ClF10N6O2S. The number of pyridine rings is 1. The number of fused-ring (bicyclic) bond motifs is 1. The second-order valence-electron chi connectivity index (χ2n) is 14.1. The summed E-state index contributed by atoms with van der Waals surface area (Å²) < 4.78 is 156. The van der Waals surface area contributed by atoms with Gasteiger partial charge in [0.1, 0.15) is 29.2 Å². The molecule has 2 aliphatic rings. The first-order valence-corrected chi connectivity index (χ1v) is 18.6. The number of nitrogens with zero attached hydrogens (tertiary/aromatic N) is 3. The van der Waals surface area contributed by atoms with Crippen LogP contribution in [0.4, 0.5) is 49.7 Å². The van der Waals surface area contributed by atoms with E-state index in [2.05, 4.69) is 25.4 Å². The van der Waals surface area contributed by atoms with Crippen LogP contribution < -0.4 is 15.4 Å². The molecule has 4 aromatic rings. The Morgan fingerprint density at radius 3 is 2.27 bits per heavy atom. The smallest absolute Gasteiger partial charge is 0.375 e. The first-order chi connectivity index (χ1) is 26.0. The van der Waals surface area contributed by atoms with Crippen LogP contribution in [-0.4, -0.2) is 54.4 Å². The third kappa shape index (κ3) is 9.41. The normalized spacial score (nSPS) is 17.6. The number of aryl methyl sites for hydroxylation is 1. The number of hydrogen-bond acceptors (Lipinski definition) is 5. The molecule has 3 N–H and O–H groups in total. The lowest BCUT2D eigenvalue weighted by atomic mass is 9.93. The Hall–Kier alpha value is -4.39. The van der Waals surface area contributed by atoms with Crippen LogP contribution in [0.2, 0.25) is 5.02 Å². The molecule has 0 bridgehead atoms. The van der Waals surface area contributed by atoms with Gasteiger partial charge in [0.05, 0.1) is 51.1 Å². The molecule has 0 radical (unpaired) electrons. The summed E-state index contributed by atoms with van der Waals surface area (Å²) >= 11 is 6.56. The fraction of sp³-hybridized carbons (Fsp3) is 0.417. The van der Waals surface area contributed by atoms with Gasteiger partial charge in [-0.3, -0.25) is 19.2 Å². The maximum atomic E-state index is 14.7. The van der Waals surface area contributed by atoms with Crippen molar-refractivity contribution < 1.29 is 52.9 Å². The highest BCUT2D eigenvalue weighted by Gasteiger charge is 2.46. The molecule has 20 heteroatoms. The van der Waals surface area contributed by atoms with Crippen molar-refractivity contribution in [3.8, 4) is 11.1 Å². The van der Waals surface area contributed by atoms with Crippen molar-refractivity contribution in [1.29, 1.82) is 0 Å². The number of anilines is 1. The number of allylic oxidation sites excluding steroid dienone is 2. The number of alkyl halides is 8. The number of hydrogen-bond donors (Lipinski definition) is 3. The molecule has 1 unspecified atom stereocenters. The van der Waals surface area contributed by atoms with Crippen molar-refractivity contribution in [3.63, 3.8) is 0 Å². The van der Waals surface area contributed by atoms with Crippen LogP contribution in [0.3, 0.4) is 0 Å². The van der Waals surface area contributed by atoms with Gasteiger partial charge in [-0.1, -0.05) is 23.7 Å². The Labute approximate surface area is 320 Å². The van der Waals surface area contributed by atoms with Crippen molar-refractivity contribution in [2.45, 2.75) is 88.0 Å². The lowest BCUT2D eigenvalue weighted by molar-refractivity contribution is -0.141. The fourth-order valence-electron chi connectivity index (χ4n) is 6.58. The fourth-order valence-corrected chi connectivity index (χ4v) is 7.86. The van der Waals surface area contributed by atoms with E-state index in [4.69, 9.17) is 11.6 Å². The molecule has 2 aromatic carbocycles. The minimum atomic E-state index is -4.80. The SMILES string of the molecule is Cc1ccc(-c2ccc(Cl)c3c(NS(=O)C4(C)CC4)nn(CC(F)(F)F)c23)c([C@H](Cc2cc(F)cc(F)c2)NC(=O)CNC2=C(CC(F)(F)F)CCC2(F)F)n1. The van der Waals surface area contributed by atoms with Gasteiger partial charge in [0.2, 0.25) is 5.91 Å². The summed E-state index contributed by atoms with van der Waals surface area (Å²) in [5.74, 6) is -6.87. The van der Waals surface area contributed by atoms with Crippen LogP contribution in [0, 0.1) is 18.6 Å². The summed E-state index contributed by atoms with van der Waals surface area (Å²) in [7, 11) is -1.76. The topological polar surface area (TPSA) is 101 Å². The number of aromatic nitrogens is 3. The number of carbonyl (C=O) groups is 1. The molecule has 2 atom stereocenters. The van der Waals surface area contributed by atoms with Crippen molar-refractivity contribution in [2.75, 3.05) is 11.3 Å². The second kappa shape index (κ2) is 15.2. The van der Waals surface area contributed by atoms with Crippen molar-refractivity contribution in [1.82, 2.24) is 25.4 Å². The first kappa shape index (κ1) is 41.2. The summed E-state index contributed by atoms with van der Waals surface area (Å²) in [6, 6.07) is 6.86. The molecule has 6 rings (SSSR count). The van der Waals surface area contributed by atoms with Gasteiger partial charge in [0.15, 0.2) is 5.82 Å². The van der Waals surface area contributed by atoms with E-state index in [1.54, 1.807) is 13.8 Å². The van der Waals surface area contributed by atoms with Crippen LogP contribution in [0.5, 0.6) is 0 Å². The van der Waals surface area contributed by atoms with Gasteiger partial charge in [-0.2, -0.15) is 40.2 Å². The van der Waals surface area contributed by atoms with E-state index in [1.807, 2.05) is 0 Å². The molecule has 8 nitrogen and oxygen atoms in total. The van der Waals surface area contributed by atoms with E-state index < -0.39 is 108 Å². The van der Waals surface area contributed by atoms with E-state index in [1.165, 1.54) is 24.3 Å². The lowest BCUT2D eigenvalue weighted by Crippen LogP contribution is -2.40. The average molecular weight is 839 g/mol. The molecule has 2 aromatic heterocycles. The molecular weight excluding hydrogens is 806 g/mol. The number of amides is 1. The zero-order chi connectivity index (χ0) is 41.0. The Kier molecular flexibility index (Phi) is 11.2. The van der Waals surface area contributed by atoms with Crippen LogP contribution in [-0.2, 0) is 28.7 Å². The van der Waals surface area contributed by atoms with Gasteiger partial charge in [0.25, 0.3) is 5.92 Å². The van der Waals surface area contributed by atoms with Crippen LogP contribution in [0.15, 0.2) is 53.7 Å². The molecule has 1 amide bonds. The number of halogens is 11. The predicted molar refractivity (Wildman–Crippen MR) is 189 cm³/mol. The molecule has 2 aliphatic carbocycles. The van der Waals surface area contributed by atoms with Crippen LogP contribution in [0.1, 0.15) is 62.0 Å². The number of rotatable bonds is 13. The number of nitrogens with one attached hydrogen (secondary N) is 3. The standard InChI is InChI=1S/C36H33ClF10N6O2S/c1-18-3-4-23(24-5-6-25(37)28-30(24)53(17-36(45,46)47)51-32(28)52-56(55)33(2)9-10-33)29(49-18)26(13-19-11-21(38)14-22(39)12-19)50-27(54)16-48-31-20(15-35(42,43)44)7-8-34(31,40)41/h3-6,11-12,14,26,48H,7-10,13,15-17H2,1-2H3,(H,50,54)(H,51,52)/t26-,56?/m0/s1. The third-order valence-electron chi connectivity index (χ3n) is 9.44. The molecule has 2 heterocycles. The van der Waals surface area contributed by atoms with E-state index in [0.717, 1.165) is 12.1 Å². The highest BCUT2D eigenvalue weighted by molar-refractivity contribution is 7.88. The summed E-state index contributed by atoms with van der Waals surface area (Å²) in [4.78, 5) is 18.0. The predicted octanol–water partition coefficient (Wildman–Crippen LogP) is 9.15. The summed E-state index contributed by atoms with van der Waals surface area (Å²) in [5, 5.41) is 8.76. The lowest BCUT2D eigenvalue weighted by Gasteiger charge is -2.24. The van der Waals surface area contributed by atoms with E-state index in [9.17, 15) is 52.9 Å². The second-order valence-corrected chi connectivity index (χ2v) is 16.2. The maximum absolute atomic E-state index is 14.7. The molecule has 1 fully saturated rings. The van der Waals surface area contributed by atoms with Gasteiger partial charge < -0.3 is 10.6 Å². The molecule has 56 heavy (non-hydrogen) atoms. The minimum Gasteiger partial charge on any atom is -0.375 e. The van der Waals surface area contributed by atoms with Crippen molar-refractivity contribution >= 4 is 45.2 Å². The Balaban J connectivity index is 1.45. The molecule has 1 saturated carbocycles. The highest BCUT2D eigenvalue weighted by Crippen LogP contribution is 2.45. The minimum absolute atomic E-state index is 0.0154. The third-order valence-corrected chi connectivity index (χ3v) is 11.4. The summed E-state index contributed by atoms with van der Waals surface area (Å²) in [5.41, 5.74) is -1.41. The van der Waals surface area contributed by atoms with Gasteiger partial charge in [0, 0.05) is 29.3 Å². The van der Waals surface area contributed by atoms with Gasteiger partial charge in [-0.25, -0.2) is 13.0 Å². The van der Waals surface area contributed by atoms with Crippen molar-refractivity contribution in [2.24, 2.45) is 0 Å². The maximum Gasteiger partial charge on any atom is 0.408 e. The van der Waals surface area contributed by atoms with E-state index in [-0.39, 0.29) is 44.1 Å². The molecule has 0 spiro atoms. The number of benzene rings is 2. The largest absolute Gasteiger partial charge is 0.408 e. The molecule has 0 aliphatic heterocycles. The van der Waals surface area contributed by atoms with Crippen molar-refractivity contribution in [3.05, 3.63) is 87.3 Å². The zero-order valence-corrected chi connectivity index (χ0v) is 31.1. The Morgan fingerprint density at radius 2 is 1.64 bits per heavy atom. The molecule has 0 saturated heterocycles. The molecule has 302 valence electrons. The monoisotopic (exact) mass is 838 g/mol. The van der Waals surface area contributed by atoms with Gasteiger partial charge in [-0.05, 0) is 74.9 Å². The quantitative estimate of drug-likeness (QED) is 0.117.